The second-order valence-corrected chi connectivity index (χ2v) is 18.8. The second-order valence-electron chi connectivity index (χ2n) is 17.4. The van der Waals surface area contributed by atoms with Gasteiger partial charge < -0.3 is 0 Å². The fourth-order valence-corrected chi connectivity index (χ4v) is 15.6. The molecule has 11 atom stereocenters. The van der Waals surface area contributed by atoms with Crippen LogP contribution < -0.4 is 0 Å². The first-order chi connectivity index (χ1) is 24.8. The summed E-state index contributed by atoms with van der Waals surface area (Å²) in [4.78, 5) is 0. The van der Waals surface area contributed by atoms with Crippen LogP contribution in [0, 0.1) is 41.4 Å². The lowest BCUT2D eigenvalue weighted by molar-refractivity contribution is 0.206. The summed E-state index contributed by atoms with van der Waals surface area (Å²) >= 11 is 2.28. The van der Waals surface area contributed by atoms with Crippen LogP contribution >= 0.6 is 11.8 Å². The molecule has 2 saturated carbocycles. The van der Waals surface area contributed by atoms with Gasteiger partial charge in [-0.25, -0.2) is 0 Å². The molecule has 2 aromatic carbocycles. The molecule has 1 saturated heterocycles. The standard InChI is InChI=1S/C49H48S/c1-3-13-33-31(11-1)32-12-2-4-14-34(32)39-28-46-41(27-38(33)39)36-16-6-9-19-44(36)49(46)43-18-8-5-15-35(43)40-25-29(21-23-45(40)49)30-22-24-48-42(26-30)37-17-7-10-20-47(37)50-48/h3,5-10,13,15-21,23,25,27,30,36-37,40,42,44-48H,1-2,4,11-12,14,22,24,26,28H2. The topological polar surface area (TPSA) is 0 Å². The Morgan fingerprint density at radius 3 is 2.52 bits per heavy atom. The zero-order chi connectivity index (χ0) is 32.6. The van der Waals surface area contributed by atoms with Crippen molar-refractivity contribution in [1.82, 2.24) is 0 Å². The third-order valence-electron chi connectivity index (χ3n) is 15.6. The largest absolute Gasteiger partial charge is 0.150 e. The quantitative estimate of drug-likeness (QED) is 0.291. The van der Waals surface area contributed by atoms with Gasteiger partial charge in [0.15, 0.2) is 0 Å². The highest BCUT2D eigenvalue weighted by atomic mass is 32.2. The Bertz CT molecular complexity index is 2070. The van der Waals surface area contributed by atoms with Crippen molar-refractivity contribution in [1.29, 1.82) is 0 Å². The van der Waals surface area contributed by atoms with Crippen LogP contribution in [0.1, 0.15) is 89.0 Å². The molecule has 0 radical (unpaired) electrons. The minimum atomic E-state index is 0.0920. The number of hydrogen-bond donors (Lipinski definition) is 0. The molecule has 9 aliphatic carbocycles. The summed E-state index contributed by atoms with van der Waals surface area (Å²) in [5.41, 5.74) is 16.9. The van der Waals surface area contributed by atoms with Crippen molar-refractivity contribution in [2.75, 3.05) is 0 Å². The number of thioether (sulfide) groups is 1. The normalized spacial score (nSPS) is 40.2. The minimum Gasteiger partial charge on any atom is -0.150 e. The Morgan fingerprint density at radius 2 is 1.56 bits per heavy atom. The van der Waals surface area contributed by atoms with Crippen LogP contribution in [0.4, 0.5) is 0 Å². The van der Waals surface area contributed by atoms with Gasteiger partial charge in [-0.05, 0) is 150 Å². The van der Waals surface area contributed by atoms with E-state index in [1.807, 2.05) is 0 Å². The third-order valence-corrected chi connectivity index (χ3v) is 17.3. The average Bonchev–Trinajstić information content (AvgIpc) is 3.80. The highest BCUT2D eigenvalue weighted by Gasteiger charge is 2.65. The lowest BCUT2D eigenvalue weighted by Crippen LogP contribution is -2.44. The van der Waals surface area contributed by atoms with E-state index in [1.165, 1.54) is 64.2 Å². The summed E-state index contributed by atoms with van der Waals surface area (Å²) in [6.07, 6.45) is 48.7. The molecule has 11 unspecified atom stereocenters. The van der Waals surface area contributed by atoms with Crippen molar-refractivity contribution in [3.8, 4) is 0 Å². The van der Waals surface area contributed by atoms with E-state index < -0.39 is 0 Å². The van der Waals surface area contributed by atoms with E-state index in [-0.39, 0.29) is 5.41 Å². The maximum absolute atomic E-state index is 2.82. The lowest BCUT2D eigenvalue weighted by atomic mass is 9.57. The van der Waals surface area contributed by atoms with Gasteiger partial charge in [0.25, 0.3) is 0 Å². The minimum absolute atomic E-state index is 0.0920. The molecule has 2 aromatic rings. The molecule has 0 N–H and O–H groups in total. The van der Waals surface area contributed by atoms with Gasteiger partial charge in [0.1, 0.15) is 0 Å². The van der Waals surface area contributed by atoms with Crippen LogP contribution in [0.3, 0.4) is 0 Å². The molecule has 0 aromatic heterocycles. The third kappa shape index (κ3) is 3.81. The first kappa shape index (κ1) is 29.3. The Balaban J connectivity index is 0.980. The molecule has 1 heterocycles. The first-order valence-corrected chi connectivity index (χ1v) is 21.2. The molecule has 250 valence electrons. The molecule has 1 spiro atoms. The van der Waals surface area contributed by atoms with E-state index in [9.17, 15) is 0 Å². The highest BCUT2D eigenvalue weighted by Crippen LogP contribution is 2.70. The van der Waals surface area contributed by atoms with Crippen molar-refractivity contribution in [2.24, 2.45) is 41.4 Å². The van der Waals surface area contributed by atoms with Crippen LogP contribution in [-0.2, 0) is 31.1 Å². The van der Waals surface area contributed by atoms with Crippen LogP contribution in [-0.4, -0.2) is 10.5 Å². The maximum Gasteiger partial charge on any atom is 0.0298 e. The van der Waals surface area contributed by atoms with E-state index in [0.717, 1.165) is 17.1 Å². The van der Waals surface area contributed by atoms with Crippen molar-refractivity contribution in [2.45, 2.75) is 86.0 Å². The van der Waals surface area contributed by atoms with Crippen molar-refractivity contribution in [3.63, 3.8) is 0 Å². The molecule has 1 aliphatic heterocycles. The molecule has 0 bridgehead atoms. The molecular weight excluding hydrogens is 621 g/mol. The van der Waals surface area contributed by atoms with Crippen LogP contribution in [0.5, 0.6) is 0 Å². The van der Waals surface area contributed by atoms with Gasteiger partial charge >= 0.3 is 0 Å². The fraction of sp³-hybridized carbons (Fsp3) is 0.429. The van der Waals surface area contributed by atoms with Crippen molar-refractivity contribution < 1.29 is 0 Å². The summed E-state index contributed by atoms with van der Waals surface area (Å²) < 4.78 is 0. The zero-order valence-electron chi connectivity index (χ0n) is 29.1. The number of rotatable bonds is 1. The van der Waals surface area contributed by atoms with Crippen molar-refractivity contribution in [3.05, 3.63) is 153 Å². The van der Waals surface area contributed by atoms with Crippen molar-refractivity contribution >= 4 is 23.9 Å². The highest BCUT2D eigenvalue weighted by molar-refractivity contribution is 8.01. The Labute approximate surface area is 303 Å². The zero-order valence-corrected chi connectivity index (χ0v) is 30.0. The predicted molar refractivity (Wildman–Crippen MR) is 210 cm³/mol. The second kappa shape index (κ2) is 10.9. The van der Waals surface area contributed by atoms with Gasteiger partial charge in [-0.2, -0.15) is 11.8 Å². The molecule has 0 nitrogen and oxygen atoms in total. The molecule has 50 heavy (non-hydrogen) atoms. The van der Waals surface area contributed by atoms with E-state index in [2.05, 4.69) is 121 Å². The lowest BCUT2D eigenvalue weighted by Gasteiger charge is -2.45. The monoisotopic (exact) mass is 668 g/mol. The number of allylic oxidation sites excluding steroid dienone is 13. The maximum atomic E-state index is 2.82. The Morgan fingerprint density at radius 1 is 0.720 bits per heavy atom. The van der Waals surface area contributed by atoms with E-state index in [0.29, 0.717) is 40.8 Å². The molecule has 0 amide bonds. The van der Waals surface area contributed by atoms with Gasteiger partial charge in [0.05, 0.1) is 0 Å². The summed E-state index contributed by atoms with van der Waals surface area (Å²) in [6.45, 7) is 0. The molecule has 3 fully saturated rings. The first-order valence-electron chi connectivity index (χ1n) is 20.2. The Kier molecular flexibility index (Phi) is 6.37. The van der Waals surface area contributed by atoms with Crippen LogP contribution in [0.2, 0.25) is 0 Å². The van der Waals surface area contributed by atoms with Gasteiger partial charge in [0.2, 0.25) is 0 Å². The van der Waals surface area contributed by atoms with E-state index >= 15 is 0 Å². The smallest absolute Gasteiger partial charge is 0.0298 e. The summed E-state index contributed by atoms with van der Waals surface area (Å²) in [5.74, 6) is 4.79. The number of hydrogen-bond acceptors (Lipinski definition) is 1. The van der Waals surface area contributed by atoms with Gasteiger partial charge in [-0.1, -0.05) is 115 Å². The Hall–Kier alpha value is -3.29. The van der Waals surface area contributed by atoms with E-state index in [4.69, 9.17) is 0 Å². The van der Waals surface area contributed by atoms with Gasteiger partial charge in [-0.3, -0.25) is 0 Å². The fourth-order valence-electron chi connectivity index (χ4n) is 13.8. The number of fused-ring (bicyclic) bond motifs is 19. The summed E-state index contributed by atoms with van der Waals surface area (Å²) in [7, 11) is 0. The van der Waals surface area contributed by atoms with Crippen LogP contribution in [0.15, 0.2) is 108 Å². The van der Waals surface area contributed by atoms with Gasteiger partial charge in [0, 0.05) is 27.8 Å². The number of benzene rings is 2. The molecular formula is C49H48S. The SMILES string of the molecule is C1=CC2SC3CCC(C4=CC5c6ccccc6C6(C7Cc8c(c9c(c%10c8CCCC%10)CCC=C9)C=C7C7C=CC=CC76)C5C=C4)CC3C2C=C1. The predicted octanol–water partition coefficient (Wildman–Crippen LogP) is 11.2. The molecule has 1 heteroatoms. The molecule has 10 aliphatic rings. The molecule has 12 rings (SSSR count). The van der Waals surface area contributed by atoms with Gasteiger partial charge in [-0.15, -0.1) is 0 Å². The van der Waals surface area contributed by atoms with E-state index in [1.54, 1.807) is 55.7 Å². The average molecular weight is 669 g/mol. The summed E-state index contributed by atoms with van der Waals surface area (Å²) in [6, 6.07) is 9.82. The van der Waals surface area contributed by atoms with Crippen LogP contribution in [0.25, 0.3) is 12.2 Å². The summed E-state index contributed by atoms with van der Waals surface area (Å²) in [5, 5.41) is 1.55.